The first kappa shape index (κ1) is 6.26. The lowest BCUT2D eigenvalue weighted by Crippen LogP contribution is -1.81. The molecule has 0 atom stereocenters. The zero-order valence-electron chi connectivity index (χ0n) is 5.01. The Morgan fingerprint density at radius 1 is 1.56 bits per heavy atom. The van der Waals surface area contributed by atoms with E-state index in [1.807, 2.05) is 0 Å². The van der Waals surface area contributed by atoms with Gasteiger partial charge in [0.05, 0.1) is 0 Å². The van der Waals surface area contributed by atoms with Crippen molar-refractivity contribution in [2.24, 2.45) is 7.05 Å². The summed E-state index contributed by atoms with van der Waals surface area (Å²) in [5.41, 5.74) is 0.0810. The van der Waals surface area contributed by atoms with Crippen LogP contribution in [-0.2, 0) is 7.05 Å². The summed E-state index contributed by atoms with van der Waals surface area (Å²) in [5, 5.41) is 0. The molecule has 0 saturated heterocycles. The van der Waals surface area contributed by atoms with E-state index in [0.29, 0.717) is 0 Å². The van der Waals surface area contributed by atoms with E-state index in [9.17, 15) is 8.78 Å². The first-order valence-corrected chi connectivity index (χ1v) is 2.60. The molecule has 0 spiro atoms. The Morgan fingerprint density at radius 2 is 2.22 bits per heavy atom. The van der Waals surface area contributed by atoms with E-state index in [2.05, 4.69) is 0 Å². The van der Waals surface area contributed by atoms with Crippen LogP contribution in [0.25, 0.3) is 0 Å². The van der Waals surface area contributed by atoms with Crippen LogP contribution >= 0.6 is 0 Å². The second kappa shape index (κ2) is 2.17. The van der Waals surface area contributed by atoms with Crippen LogP contribution in [-0.4, -0.2) is 4.57 Å². The molecule has 0 amide bonds. The van der Waals surface area contributed by atoms with Crippen molar-refractivity contribution in [3.8, 4) is 0 Å². The number of aryl methyl sites for hydroxylation is 1. The fourth-order valence-corrected chi connectivity index (χ4v) is 0.654. The molecule has 0 unspecified atom stereocenters. The van der Waals surface area contributed by atoms with E-state index < -0.39 is 6.43 Å². The summed E-state index contributed by atoms with van der Waals surface area (Å²) in [7, 11) is 1.71. The first-order chi connectivity index (χ1) is 4.20. The number of hydrogen-bond donors (Lipinski definition) is 0. The topological polar surface area (TPSA) is 4.93 Å². The fourth-order valence-electron chi connectivity index (χ4n) is 0.654. The number of nitrogens with zero attached hydrogens (tertiary/aromatic N) is 1. The summed E-state index contributed by atoms with van der Waals surface area (Å²) in [5.74, 6) is 0. The molecule has 0 aliphatic rings. The number of alkyl halides is 2. The highest BCUT2D eigenvalue weighted by Crippen LogP contribution is 2.17. The maximum Gasteiger partial charge on any atom is 0.265 e. The van der Waals surface area contributed by atoms with Crippen molar-refractivity contribution in [1.82, 2.24) is 4.57 Å². The minimum Gasteiger partial charge on any atom is -0.357 e. The standard InChI is InChI=1S/C6H7F2N/c1-9-3-2-5(4-9)6(7)8/h2-4,6H,1H3. The smallest absolute Gasteiger partial charge is 0.265 e. The average Bonchev–Trinajstić information content (AvgIpc) is 2.14. The highest BCUT2D eigenvalue weighted by molar-refractivity contribution is 5.10. The predicted molar refractivity (Wildman–Crippen MR) is 30.4 cm³/mol. The molecule has 1 rings (SSSR count). The highest BCUT2D eigenvalue weighted by atomic mass is 19.3. The lowest BCUT2D eigenvalue weighted by molar-refractivity contribution is 0.151. The van der Waals surface area contributed by atoms with E-state index in [4.69, 9.17) is 0 Å². The monoisotopic (exact) mass is 131 g/mol. The summed E-state index contributed by atoms with van der Waals surface area (Å²) in [6.07, 6.45) is 0.665. The molecule has 1 nitrogen and oxygen atoms in total. The average molecular weight is 131 g/mol. The van der Waals surface area contributed by atoms with Gasteiger partial charge in [0.1, 0.15) is 0 Å². The Bertz CT molecular complexity index is 193. The van der Waals surface area contributed by atoms with Crippen LogP contribution < -0.4 is 0 Å². The minimum atomic E-state index is -2.34. The van der Waals surface area contributed by atoms with Crippen LogP contribution in [0.3, 0.4) is 0 Å². The zero-order chi connectivity index (χ0) is 6.85. The molecule has 0 aliphatic carbocycles. The molecule has 1 aromatic heterocycles. The maximum atomic E-state index is 11.8. The van der Waals surface area contributed by atoms with Crippen LogP contribution in [0.4, 0.5) is 8.78 Å². The van der Waals surface area contributed by atoms with E-state index in [1.54, 1.807) is 17.8 Å². The summed E-state index contributed by atoms with van der Waals surface area (Å²) >= 11 is 0. The SMILES string of the molecule is Cn1ccc(C(F)F)c1. The molecule has 0 radical (unpaired) electrons. The van der Waals surface area contributed by atoms with Crippen LogP contribution in [0, 0.1) is 0 Å². The van der Waals surface area contributed by atoms with Crippen molar-refractivity contribution in [1.29, 1.82) is 0 Å². The summed E-state index contributed by atoms with van der Waals surface area (Å²) < 4.78 is 25.1. The van der Waals surface area contributed by atoms with Gasteiger partial charge in [0, 0.05) is 25.0 Å². The molecule has 9 heavy (non-hydrogen) atoms. The van der Waals surface area contributed by atoms with Crippen molar-refractivity contribution in [2.75, 3.05) is 0 Å². The third-order valence-corrected chi connectivity index (χ3v) is 1.11. The lowest BCUT2D eigenvalue weighted by Gasteiger charge is -1.89. The Balaban J connectivity index is 2.85. The fraction of sp³-hybridized carbons (Fsp3) is 0.333. The third kappa shape index (κ3) is 1.28. The second-order valence-electron chi connectivity index (χ2n) is 1.91. The molecule has 3 heteroatoms. The quantitative estimate of drug-likeness (QED) is 0.549. The van der Waals surface area contributed by atoms with Gasteiger partial charge in [0.15, 0.2) is 0 Å². The lowest BCUT2D eigenvalue weighted by atomic mass is 10.4. The normalized spacial score (nSPS) is 10.7. The molecular weight excluding hydrogens is 124 g/mol. The molecule has 50 valence electrons. The summed E-state index contributed by atoms with van der Waals surface area (Å²) in [6.45, 7) is 0. The van der Waals surface area contributed by atoms with Crippen molar-refractivity contribution in [3.05, 3.63) is 24.0 Å². The molecule has 0 fully saturated rings. The third-order valence-electron chi connectivity index (χ3n) is 1.11. The number of aromatic nitrogens is 1. The van der Waals surface area contributed by atoms with Crippen molar-refractivity contribution in [3.63, 3.8) is 0 Å². The van der Waals surface area contributed by atoms with E-state index in [0.717, 1.165) is 0 Å². The number of hydrogen-bond acceptors (Lipinski definition) is 0. The van der Waals surface area contributed by atoms with Gasteiger partial charge in [0.2, 0.25) is 0 Å². The van der Waals surface area contributed by atoms with Crippen molar-refractivity contribution in [2.45, 2.75) is 6.43 Å². The van der Waals surface area contributed by atoms with Crippen LogP contribution in [0.2, 0.25) is 0 Å². The molecular formula is C6H7F2N. The van der Waals surface area contributed by atoms with Crippen LogP contribution in [0.5, 0.6) is 0 Å². The van der Waals surface area contributed by atoms with Gasteiger partial charge in [-0.15, -0.1) is 0 Å². The largest absolute Gasteiger partial charge is 0.357 e. The predicted octanol–water partition coefficient (Wildman–Crippen LogP) is 1.96. The molecule has 1 aromatic rings. The van der Waals surface area contributed by atoms with Gasteiger partial charge in [-0.3, -0.25) is 0 Å². The van der Waals surface area contributed by atoms with Gasteiger partial charge in [-0.25, -0.2) is 8.78 Å². The van der Waals surface area contributed by atoms with Gasteiger partial charge < -0.3 is 4.57 Å². The first-order valence-electron chi connectivity index (χ1n) is 2.60. The van der Waals surface area contributed by atoms with Crippen molar-refractivity contribution >= 4 is 0 Å². The number of halogens is 2. The Hall–Kier alpha value is -0.860. The summed E-state index contributed by atoms with van der Waals surface area (Å²) in [4.78, 5) is 0. The Morgan fingerprint density at radius 3 is 2.44 bits per heavy atom. The molecule has 0 bridgehead atoms. The van der Waals surface area contributed by atoms with Crippen LogP contribution in [0.15, 0.2) is 18.5 Å². The van der Waals surface area contributed by atoms with E-state index >= 15 is 0 Å². The van der Waals surface area contributed by atoms with Crippen LogP contribution in [0.1, 0.15) is 12.0 Å². The maximum absolute atomic E-state index is 11.8. The highest BCUT2D eigenvalue weighted by Gasteiger charge is 2.05. The van der Waals surface area contributed by atoms with Gasteiger partial charge in [-0.1, -0.05) is 0 Å². The zero-order valence-corrected chi connectivity index (χ0v) is 5.01. The molecule has 1 heterocycles. The van der Waals surface area contributed by atoms with Gasteiger partial charge in [0.25, 0.3) is 6.43 Å². The second-order valence-corrected chi connectivity index (χ2v) is 1.91. The number of rotatable bonds is 1. The van der Waals surface area contributed by atoms with Crippen molar-refractivity contribution < 1.29 is 8.78 Å². The molecule has 0 aliphatic heterocycles. The minimum absolute atomic E-state index is 0.0810. The van der Waals surface area contributed by atoms with Gasteiger partial charge >= 0.3 is 0 Å². The van der Waals surface area contributed by atoms with E-state index in [1.165, 1.54) is 12.3 Å². The van der Waals surface area contributed by atoms with Gasteiger partial charge in [-0.05, 0) is 6.07 Å². The molecule has 0 N–H and O–H groups in total. The summed E-state index contributed by atoms with van der Waals surface area (Å²) in [6, 6.07) is 1.41. The molecule has 0 aromatic carbocycles. The Kier molecular flexibility index (Phi) is 1.51. The van der Waals surface area contributed by atoms with E-state index in [-0.39, 0.29) is 5.56 Å². The van der Waals surface area contributed by atoms with Gasteiger partial charge in [-0.2, -0.15) is 0 Å². The molecule has 0 saturated carbocycles. The Labute approximate surface area is 51.9 Å².